The molecule has 1 saturated carbocycles. The van der Waals surface area contributed by atoms with Crippen LogP contribution in [0.3, 0.4) is 0 Å². The monoisotopic (exact) mass is 780 g/mol. The van der Waals surface area contributed by atoms with Gasteiger partial charge < -0.3 is 29.6 Å². The van der Waals surface area contributed by atoms with Crippen molar-refractivity contribution in [3.05, 3.63) is 46.3 Å². The second-order valence-electron chi connectivity index (χ2n) is 18.7. The first-order valence-electron chi connectivity index (χ1n) is 21.8. The molecular weight excluding hydrogens is 707 g/mol. The zero-order valence-corrected chi connectivity index (χ0v) is 36.3. The predicted octanol–water partition coefficient (Wildman–Crippen LogP) is 9.24. The molecule has 0 amide bonds. The summed E-state index contributed by atoms with van der Waals surface area (Å²) in [4.78, 5) is 35.9. The predicted molar refractivity (Wildman–Crippen MR) is 221 cm³/mol. The quantitative estimate of drug-likeness (QED) is 0.0730. The molecule has 1 saturated heterocycles. The Morgan fingerprint density at radius 1 is 1.04 bits per heavy atom. The van der Waals surface area contributed by atoms with Gasteiger partial charge in [0.15, 0.2) is 5.60 Å². The van der Waals surface area contributed by atoms with E-state index in [0.29, 0.717) is 50.8 Å². The van der Waals surface area contributed by atoms with Crippen LogP contribution in [0.2, 0.25) is 0 Å². The zero-order chi connectivity index (χ0) is 41.3. The van der Waals surface area contributed by atoms with Gasteiger partial charge in [-0.3, -0.25) is 4.79 Å². The second kappa shape index (κ2) is 17.6. The first kappa shape index (κ1) is 44.4. The summed E-state index contributed by atoms with van der Waals surface area (Å²) < 4.78 is 12.7. The van der Waals surface area contributed by atoms with Crippen molar-refractivity contribution in [1.29, 1.82) is 0 Å². The summed E-state index contributed by atoms with van der Waals surface area (Å²) in [5.41, 5.74) is 0.154. The van der Waals surface area contributed by atoms with Crippen molar-refractivity contribution >= 4 is 17.5 Å². The van der Waals surface area contributed by atoms with Crippen molar-refractivity contribution in [1.82, 2.24) is 0 Å². The van der Waals surface area contributed by atoms with Crippen molar-refractivity contribution < 1.29 is 39.2 Å². The van der Waals surface area contributed by atoms with Crippen LogP contribution in [-0.2, 0) is 23.9 Å². The fourth-order valence-electron chi connectivity index (χ4n) is 12.2. The number of carbonyl (C=O) groups is 2. The highest BCUT2D eigenvalue weighted by Crippen LogP contribution is 2.63. The summed E-state index contributed by atoms with van der Waals surface area (Å²) in [5.74, 6) is -2.81. The molecule has 5 aliphatic rings. The Labute approximate surface area is 337 Å². The highest BCUT2D eigenvalue weighted by atomic mass is 16.6. The number of nitrogens with zero attached hydrogens (tertiary/aromatic N) is 1. The highest BCUT2D eigenvalue weighted by Gasteiger charge is 2.67. The Balaban J connectivity index is 1.84. The van der Waals surface area contributed by atoms with Gasteiger partial charge in [0.2, 0.25) is 5.78 Å². The summed E-state index contributed by atoms with van der Waals surface area (Å²) in [6.07, 6.45) is 12.1. The third-order valence-corrected chi connectivity index (χ3v) is 15.2. The summed E-state index contributed by atoms with van der Waals surface area (Å²) >= 11 is 0. The Morgan fingerprint density at radius 3 is 2.38 bits per heavy atom. The van der Waals surface area contributed by atoms with Crippen LogP contribution in [0.5, 0.6) is 0 Å². The normalized spacial score (nSPS) is 44.0. The number of ketones is 1. The average molecular weight is 780 g/mol. The van der Waals surface area contributed by atoms with E-state index in [1.807, 2.05) is 13.8 Å². The van der Waals surface area contributed by atoms with Crippen LogP contribution in [0.1, 0.15) is 133 Å². The van der Waals surface area contributed by atoms with Gasteiger partial charge in [-0.15, -0.1) is 0 Å². The Morgan fingerprint density at radius 2 is 1.75 bits per heavy atom. The van der Waals surface area contributed by atoms with Gasteiger partial charge in [0.05, 0.1) is 17.9 Å². The van der Waals surface area contributed by atoms with E-state index in [1.165, 1.54) is 0 Å². The standard InChI is InChI=1S/C47H73NO8/c1-12-15-19-55-48-36-23-37(50)35-21-28(5)39-34(13-2)22-33(26-49)20-29(6)41(54-11)27(4)17-16-18-45(10)24-30(7)31(8)25-47(45)43(52)38(44(53)56-47)42(51)46(39,14-3)40(35)32(36)9/h21-22,24,27,29,31-33,35,37,39-41,49-51H,12-20,23,25-26H2,1-11H3/b34-22+,42-38+,48-36+/t27?,29-,31-,32?,33-,35?,37+,39+,40?,41-,45-,46?,47?/m1/s1. The number of hydrogen-bond acceptors (Lipinski definition) is 9. The van der Waals surface area contributed by atoms with E-state index in [9.17, 15) is 20.1 Å². The van der Waals surface area contributed by atoms with E-state index in [-0.39, 0.29) is 59.6 Å². The molecule has 9 heteroatoms. The molecule has 0 aromatic heterocycles. The number of allylic oxidation sites excluding steroid dienone is 4. The highest BCUT2D eigenvalue weighted by molar-refractivity contribution is 6.26. The van der Waals surface area contributed by atoms with Crippen LogP contribution in [0.25, 0.3) is 0 Å². The molecule has 1 heterocycles. The number of aliphatic hydroxyl groups excluding tert-OH is 3. The lowest BCUT2D eigenvalue weighted by Crippen LogP contribution is -2.57. The molecule has 13 atom stereocenters. The Bertz CT molecular complexity index is 1620. The number of ether oxygens (including phenoxy) is 2. The fourth-order valence-corrected chi connectivity index (χ4v) is 12.2. The second-order valence-corrected chi connectivity index (χ2v) is 18.7. The molecule has 3 N–H and O–H groups in total. The first-order valence-corrected chi connectivity index (χ1v) is 21.8. The number of oxime groups is 1. The molecule has 5 rings (SSSR count). The Hall–Kier alpha value is -2.75. The number of aliphatic hydroxyl groups is 3. The maximum absolute atomic E-state index is 15.5. The lowest BCUT2D eigenvalue weighted by atomic mass is 9.46. The number of fused-ring (bicyclic) bond motifs is 4. The van der Waals surface area contributed by atoms with E-state index in [2.05, 4.69) is 78.8 Å². The number of esters is 1. The van der Waals surface area contributed by atoms with Crippen molar-refractivity contribution in [2.24, 2.45) is 63.3 Å². The maximum atomic E-state index is 15.5. The Kier molecular flexibility index (Phi) is 14.0. The van der Waals surface area contributed by atoms with Gasteiger partial charge in [0.1, 0.15) is 17.9 Å². The van der Waals surface area contributed by atoms with E-state index < -0.39 is 46.1 Å². The molecule has 4 aliphatic carbocycles. The number of Topliss-reactive ketones (excluding diaryl/α,β-unsaturated/α-hetero) is 1. The molecule has 2 bridgehead atoms. The molecule has 9 nitrogen and oxygen atoms in total. The van der Waals surface area contributed by atoms with Gasteiger partial charge in [-0.05, 0) is 76.0 Å². The maximum Gasteiger partial charge on any atom is 0.346 e. The summed E-state index contributed by atoms with van der Waals surface area (Å²) in [5, 5.41) is 40.7. The van der Waals surface area contributed by atoms with Crippen molar-refractivity contribution in [2.45, 2.75) is 151 Å². The smallest absolute Gasteiger partial charge is 0.346 e. The lowest BCUT2D eigenvalue weighted by Gasteiger charge is -2.57. The molecule has 0 aromatic carbocycles. The van der Waals surface area contributed by atoms with E-state index >= 15 is 4.79 Å². The fraction of sp³-hybridized carbons (Fsp3) is 0.766. The number of methoxy groups -OCH3 is 1. The lowest BCUT2D eigenvalue weighted by molar-refractivity contribution is -0.166. The van der Waals surface area contributed by atoms with Gasteiger partial charge in [-0.1, -0.05) is 108 Å². The first-order chi connectivity index (χ1) is 26.5. The van der Waals surface area contributed by atoms with Gasteiger partial charge in [0.25, 0.3) is 0 Å². The molecular formula is C47H73NO8. The van der Waals surface area contributed by atoms with Crippen molar-refractivity contribution in [2.75, 3.05) is 20.3 Å². The minimum Gasteiger partial charge on any atom is -0.511 e. The SMILES string of the molecule is CCCCO/N=C1\C[C@H](O)C2C=C(C)[C@H]3/C(CC)=C/[C@H](CO)C[C@@H](C)[C@H](OC)C(C)CCC[C@]4(C)C=C(C)[C@H](C)CC45OC(=O)/C(=C(/O)C3(CC)C2C1C)C5=O. The van der Waals surface area contributed by atoms with Crippen molar-refractivity contribution in [3.8, 4) is 0 Å². The van der Waals surface area contributed by atoms with Crippen LogP contribution < -0.4 is 0 Å². The third-order valence-electron chi connectivity index (χ3n) is 15.2. The summed E-state index contributed by atoms with van der Waals surface area (Å²) in [6, 6.07) is 0. The van der Waals surface area contributed by atoms with Crippen LogP contribution >= 0.6 is 0 Å². The molecule has 1 aliphatic heterocycles. The number of carbonyl (C=O) groups excluding carboxylic acids is 2. The van der Waals surface area contributed by atoms with Crippen molar-refractivity contribution in [3.63, 3.8) is 0 Å². The number of unbranched alkanes of at least 4 members (excludes halogenated alkanes) is 1. The molecule has 6 unspecified atom stereocenters. The molecule has 1 spiro atoms. The summed E-state index contributed by atoms with van der Waals surface area (Å²) in [7, 11) is 1.77. The van der Waals surface area contributed by atoms with Gasteiger partial charge in [0, 0.05) is 61.1 Å². The minimum absolute atomic E-state index is 0.00442. The van der Waals surface area contributed by atoms with Gasteiger partial charge >= 0.3 is 5.97 Å². The van der Waals surface area contributed by atoms with E-state index in [4.69, 9.17) is 14.3 Å². The van der Waals surface area contributed by atoms with Gasteiger partial charge in [-0.2, -0.15) is 0 Å². The van der Waals surface area contributed by atoms with Crippen LogP contribution in [0, 0.1) is 58.2 Å². The minimum atomic E-state index is -1.47. The third kappa shape index (κ3) is 7.51. The molecule has 314 valence electrons. The number of hydrogen-bond donors (Lipinski definition) is 3. The van der Waals surface area contributed by atoms with Gasteiger partial charge in [-0.25, -0.2) is 4.79 Å². The van der Waals surface area contributed by atoms with Crippen LogP contribution in [0.4, 0.5) is 0 Å². The largest absolute Gasteiger partial charge is 0.511 e. The van der Waals surface area contributed by atoms with Crippen LogP contribution in [-0.4, -0.2) is 70.9 Å². The molecule has 56 heavy (non-hydrogen) atoms. The topological polar surface area (TPSA) is 135 Å². The molecule has 0 radical (unpaired) electrons. The molecule has 2 fully saturated rings. The zero-order valence-electron chi connectivity index (χ0n) is 36.3. The van der Waals surface area contributed by atoms with E-state index in [1.54, 1.807) is 7.11 Å². The van der Waals surface area contributed by atoms with Crippen LogP contribution in [0.15, 0.2) is 51.4 Å². The number of rotatable bonds is 8. The summed E-state index contributed by atoms with van der Waals surface area (Å²) in [6.45, 7) is 21.4. The van der Waals surface area contributed by atoms with E-state index in [0.717, 1.165) is 42.4 Å². The molecule has 0 aromatic rings. The average Bonchev–Trinajstić information content (AvgIpc) is 3.41.